The molecule has 142 valence electrons. The van der Waals surface area contributed by atoms with Gasteiger partial charge in [-0.15, -0.1) is 0 Å². The van der Waals surface area contributed by atoms with Crippen LogP contribution in [-0.4, -0.2) is 18.9 Å². The Morgan fingerprint density at radius 3 is 2.18 bits per heavy atom. The van der Waals surface area contributed by atoms with E-state index in [1.807, 2.05) is 19.1 Å². The Morgan fingerprint density at radius 2 is 1.50 bits per heavy atom. The number of anilines is 2. The van der Waals surface area contributed by atoms with Crippen molar-refractivity contribution >= 4 is 23.2 Å². The maximum absolute atomic E-state index is 13.8. The van der Waals surface area contributed by atoms with E-state index in [0.29, 0.717) is 22.7 Å². The summed E-state index contributed by atoms with van der Waals surface area (Å²) in [6, 6.07) is 17.7. The molecule has 0 aromatic heterocycles. The Hall–Kier alpha value is -3.67. The van der Waals surface area contributed by atoms with Crippen molar-refractivity contribution in [3.8, 4) is 5.75 Å². The van der Waals surface area contributed by atoms with Gasteiger partial charge in [0, 0.05) is 11.3 Å². The summed E-state index contributed by atoms with van der Waals surface area (Å²) < 4.78 is 19.1. The van der Waals surface area contributed by atoms with Crippen molar-refractivity contribution in [2.45, 2.75) is 6.92 Å². The minimum Gasteiger partial charge on any atom is -0.495 e. The van der Waals surface area contributed by atoms with E-state index in [1.54, 1.807) is 36.4 Å². The van der Waals surface area contributed by atoms with Crippen LogP contribution >= 0.6 is 0 Å². The Kier molecular flexibility index (Phi) is 5.69. The van der Waals surface area contributed by atoms with Gasteiger partial charge in [-0.05, 0) is 48.9 Å². The highest BCUT2D eigenvalue weighted by Crippen LogP contribution is 2.29. The second-order valence-corrected chi connectivity index (χ2v) is 6.12. The summed E-state index contributed by atoms with van der Waals surface area (Å²) in [5.41, 5.74) is 2.09. The molecule has 2 amide bonds. The van der Waals surface area contributed by atoms with Gasteiger partial charge < -0.3 is 15.4 Å². The maximum atomic E-state index is 13.8. The van der Waals surface area contributed by atoms with Crippen LogP contribution in [0, 0.1) is 12.7 Å². The molecule has 0 aliphatic rings. The number of rotatable bonds is 5. The summed E-state index contributed by atoms with van der Waals surface area (Å²) >= 11 is 0. The van der Waals surface area contributed by atoms with Gasteiger partial charge in [0.1, 0.15) is 11.6 Å². The second-order valence-electron chi connectivity index (χ2n) is 6.12. The van der Waals surface area contributed by atoms with E-state index < -0.39 is 11.7 Å². The summed E-state index contributed by atoms with van der Waals surface area (Å²) in [5, 5.41) is 5.42. The van der Waals surface area contributed by atoms with Gasteiger partial charge in [-0.25, -0.2) is 4.39 Å². The largest absolute Gasteiger partial charge is 0.495 e. The zero-order valence-electron chi connectivity index (χ0n) is 15.5. The van der Waals surface area contributed by atoms with Gasteiger partial charge in [0.2, 0.25) is 0 Å². The van der Waals surface area contributed by atoms with Crippen molar-refractivity contribution in [3.05, 3.63) is 89.2 Å². The number of ether oxygens (including phenoxy) is 1. The van der Waals surface area contributed by atoms with Crippen molar-refractivity contribution in [2.75, 3.05) is 17.7 Å². The summed E-state index contributed by atoms with van der Waals surface area (Å²) in [5.74, 6) is -1.05. The number of aryl methyl sites for hydroxylation is 1. The fraction of sp³-hybridized carbons (Fsp3) is 0.0909. The molecule has 2 N–H and O–H groups in total. The minimum absolute atomic E-state index is 0.0659. The molecule has 0 spiro atoms. The molecule has 0 bridgehead atoms. The van der Waals surface area contributed by atoms with Gasteiger partial charge in [0.25, 0.3) is 11.8 Å². The third kappa shape index (κ3) is 4.17. The molecule has 5 nitrogen and oxygen atoms in total. The van der Waals surface area contributed by atoms with E-state index in [-0.39, 0.29) is 11.5 Å². The molecule has 3 aromatic carbocycles. The van der Waals surface area contributed by atoms with Crippen molar-refractivity contribution in [2.24, 2.45) is 0 Å². The lowest BCUT2D eigenvalue weighted by Crippen LogP contribution is -2.16. The molecule has 0 radical (unpaired) electrons. The molecule has 0 atom stereocenters. The van der Waals surface area contributed by atoms with Crippen molar-refractivity contribution in [1.82, 2.24) is 0 Å². The van der Waals surface area contributed by atoms with Gasteiger partial charge in [-0.3, -0.25) is 9.59 Å². The Bertz CT molecular complexity index is 1030. The first kappa shape index (κ1) is 19.1. The fourth-order valence-corrected chi connectivity index (χ4v) is 2.74. The Morgan fingerprint density at radius 1 is 0.857 bits per heavy atom. The molecule has 28 heavy (non-hydrogen) atoms. The SMILES string of the molecule is COc1ccc(NC(=O)c2ccccc2F)cc1NC(=O)c1ccccc1C. The number of carbonyl (C=O) groups excluding carboxylic acids is 2. The first-order valence-electron chi connectivity index (χ1n) is 8.60. The molecule has 0 saturated heterocycles. The van der Waals surface area contributed by atoms with Crippen molar-refractivity contribution < 1.29 is 18.7 Å². The first-order chi connectivity index (χ1) is 13.5. The Balaban J connectivity index is 1.84. The van der Waals surface area contributed by atoms with Gasteiger partial charge >= 0.3 is 0 Å². The third-order valence-electron chi connectivity index (χ3n) is 4.21. The lowest BCUT2D eigenvalue weighted by atomic mass is 10.1. The molecule has 3 aromatic rings. The number of methoxy groups -OCH3 is 1. The number of amides is 2. The number of benzene rings is 3. The molecule has 0 fully saturated rings. The molecule has 0 saturated carbocycles. The predicted octanol–water partition coefficient (Wildman–Crippen LogP) is 4.65. The van der Waals surface area contributed by atoms with Gasteiger partial charge in [-0.1, -0.05) is 30.3 Å². The molecule has 6 heteroatoms. The van der Waals surface area contributed by atoms with Crippen LogP contribution < -0.4 is 15.4 Å². The van der Waals surface area contributed by atoms with E-state index in [9.17, 15) is 14.0 Å². The number of hydrogen-bond donors (Lipinski definition) is 2. The van der Waals surface area contributed by atoms with E-state index in [0.717, 1.165) is 5.56 Å². The van der Waals surface area contributed by atoms with E-state index in [2.05, 4.69) is 10.6 Å². The molecule has 0 unspecified atom stereocenters. The lowest BCUT2D eigenvalue weighted by Gasteiger charge is -2.14. The zero-order valence-corrected chi connectivity index (χ0v) is 15.5. The van der Waals surface area contributed by atoms with Crippen molar-refractivity contribution in [1.29, 1.82) is 0 Å². The number of nitrogens with one attached hydrogen (secondary N) is 2. The molecule has 0 heterocycles. The van der Waals surface area contributed by atoms with E-state index >= 15 is 0 Å². The second kappa shape index (κ2) is 8.35. The number of hydrogen-bond acceptors (Lipinski definition) is 3. The molecule has 3 rings (SSSR count). The van der Waals surface area contributed by atoms with E-state index in [1.165, 1.54) is 25.3 Å². The lowest BCUT2D eigenvalue weighted by molar-refractivity contribution is 0.101. The highest BCUT2D eigenvalue weighted by molar-refractivity contribution is 6.07. The number of halogens is 1. The maximum Gasteiger partial charge on any atom is 0.258 e. The number of carbonyl (C=O) groups is 2. The molecular formula is C22H19FN2O3. The minimum atomic E-state index is -0.610. The third-order valence-corrected chi connectivity index (χ3v) is 4.21. The van der Waals surface area contributed by atoms with Crippen molar-refractivity contribution in [3.63, 3.8) is 0 Å². The van der Waals surface area contributed by atoms with Crippen LogP contribution in [-0.2, 0) is 0 Å². The zero-order chi connectivity index (χ0) is 20.1. The average molecular weight is 378 g/mol. The van der Waals surface area contributed by atoms with E-state index in [4.69, 9.17) is 4.74 Å². The summed E-state index contributed by atoms with van der Waals surface area (Å²) in [4.78, 5) is 24.9. The van der Waals surface area contributed by atoms with Crippen LogP contribution in [0.5, 0.6) is 5.75 Å². The van der Waals surface area contributed by atoms with Crippen LogP contribution in [0.3, 0.4) is 0 Å². The van der Waals surface area contributed by atoms with Crippen LogP contribution in [0.25, 0.3) is 0 Å². The van der Waals surface area contributed by atoms with Crippen LogP contribution in [0.15, 0.2) is 66.7 Å². The first-order valence-corrected chi connectivity index (χ1v) is 8.60. The topological polar surface area (TPSA) is 67.4 Å². The van der Waals surface area contributed by atoms with Gasteiger partial charge in [-0.2, -0.15) is 0 Å². The predicted molar refractivity (Wildman–Crippen MR) is 106 cm³/mol. The molecular weight excluding hydrogens is 359 g/mol. The van der Waals surface area contributed by atoms with Gasteiger partial charge in [0.05, 0.1) is 18.4 Å². The van der Waals surface area contributed by atoms with Crippen LogP contribution in [0.2, 0.25) is 0 Å². The fourth-order valence-electron chi connectivity index (χ4n) is 2.74. The molecule has 0 aliphatic heterocycles. The average Bonchev–Trinajstić information content (AvgIpc) is 2.68. The van der Waals surface area contributed by atoms with Gasteiger partial charge in [0.15, 0.2) is 0 Å². The smallest absolute Gasteiger partial charge is 0.258 e. The summed E-state index contributed by atoms with van der Waals surface area (Å²) in [6.45, 7) is 1.84. The van der Waals surface area contributed by atoms with Crippen LogP contribution in [0.4, 0.5) is 15.8 Å². The Labute approximate surface area is 162 Å². The summed E-state index contributed by atoms with van der Waals surface area (Å²) in [6.07, 6.45) is 0. The summed E-state index contributed by atoms with van der Waals surface area (Å²) in [7, 11) is 1.48. The standard InChI is InChI=1S/C22H19FN2O3/c1-14-7-3-4-8-16(14)21(26)25-19-13-15(11-12-20(19)28-2)24-22(27)17-9-5-6-10-18(17)23/h3-13H,1-2H3,(H,24,27)(H,25,26). The molecule has 0 aliphatic carbocycles. The van der Waals surface area contributed by atoms with Crippen LogP contribution in [0.1, 0.15) is 26.3 Å². The quantitative estimate of drug-likeness (QED) is 0.679. The highest BCUT2D eigenvalue weighted by atomic mass is 19.1. The monoisotopic (exact) mass is 378 g/mol. The highest BCUT2D eigenvalue weighted by Gasteiger charge is 2.15. The normalized spacial score (nSPS) is 10.2.